The third kappa shape index (κ3) is 4.81. The summed E-state index contributed by atoms with van der Waals surface area (Å²) in [4.78, 5) is 31.2. The van der Waals surface area contributed by atoms with Gasteiger partial charge in [0.2, 0.25) is 11.7 Å². The van der Waals surface area contributed by atoms with Crippen LogP contribution < -0.4 is 10.9 Å². The van der Waals surface area contributed by atoms with E-state index in [1.165, 1.54) is 10.1 Å². The second kappa shape index (κ2) is 10.00. The van der Waals surface area contributed by atoms with Gasteiger partial charge < -0.3 is 9.88 Å². The summed E-state index contributed by atoms with van der Waals surface area (Å²) < 4.78 is 3.10. The van der Waals surface area contributed by atoms with E-state index in [0.29, 0.717) is 35.8 Å². The van der Waals surface area contributed by atoms with Gasteiger partial charge >= 0.3 is 0 Å². The van der Waals surface area contributed by atoms with Crippen LogP contribution in [0.15, 0.2) is 89.7 Å². The zero-order chi connectivity index (χ0) is 25.1. The quantitative estimate of drug-likeness (QED) is 0.383. The van der Waals surface area contributed by atoms with E-state index in [9.17, 15) is 9.59 Å². The number of carbonyl (C=O) groups excluding carboxylic acids is 1. The van der Waals surface area contributed by atoms with E-state index in [2.05, 4.69) is 15.4 Å². The average Bonchev–Trinajstić information content (AvgIpc) is 3.36. The first-order valence-electron chi connectivity index (χ1n) is 11.9. The Morgan fingerprint density at radius 1 is 0.861 bits per heavy atom. The van der Waals surface area contributed by atoms with Crippen molar-refractivity contribution in [3.05, 3.63) is 123 Å². The first-order chi connectivity index (χ1) is 17.5. The highest BCUT2D eigenvalue weighted by atomic mass is 16.2. The normalized spacial score (nSPS) is 11.1. The van der Waals surface area contributed by atoms with Gasteiger partial charge in [0.25, 0.3) is 5.56 Å². The molecule has 0 unspecified atom stereocenters. The van der Waals surface area contributed by atoms with Gasteiger partial charge in [-0.15, -0.1) is 5.10 Å². The minimum atomic E-state index is -0.225. The van der Waals surface area contributed by atoms with Crippen LogP contribution in [0.2, 0.25) is 0 Å². The molecule has 0 atom stereocenters. The smallest absolute Gasteiger partial charge is 0.279 e. The molecule has 36 heavy (non-hydrogen) atoms. The van der Waals surface area contributed by atoms with Crippen LogP contribution in [-0.2, 0) is 24.3 Å². The molecule has 5 rings (SSSR count). The zero-order valence-corrected chi connectivity index (χ0v) is 20.3. The number of aryl methyl sites for hydroxylation is 1. The summed E-state index contributed by atoms with van der Waals surface area (Å²) in [6.45, 7) is 4.34. The van der Waals surface area contributed by atoms with E-state index in [4.69, 9.17) is 0 Å². The monoisotopic (exact) mass is 477 g/mol. The zero-order valence-electron chi connectivity index (χ0n) is 20.3. The molecule has 0 radical (unpaired) electrons. The highest BCUT2D eigenvalue weighted by Crippen LogP contribution is 2.18. The molecule has 0 saturated heterocycles. The van der Waals surface area contributed by atoms with E-state index >= 15 is 0 Å². The number of nitrogens with zero attached hydrogens (tertiary/aromatic N) is 4. The molecular weight excluding hydrogens is 450 g/mol. The molecule has 7 nitrogen and oxygen atoms in total. The minimum Gasteiger partial charge on any atom is -0.350 e. The molecule has 180 valence electrons. The van der Waals surface area contributed by atoms with Crippen LogP contribution in [0.3, 0.4) is 0 Å². The molecule has 0 aliphatic carbocycles. The van der Waals surface area contributed by atoms with Crippen LogP contribution in [0.4, 0.5) is 0 Å². The summed E-state index contributed by atoms with van der Waals surface area (Å²) in [5.74, 6) is 0.621. The number of rotatable bonds is 7. The van der Waals surface area contributed by atoms with Crippen LogP contribution in [0, 0.1) is 13.8 Å². The highest BCUT2D eigenvalue weighted by molar-refractivity contribution is 5.76. The summed E-state index contributed by atoms with van der Waals surface area (Å²) >= 11 is 0. The molecule has 0 saturated carbocycles. The van der Waals surface area contributed by atoms with Crippen LogP contribution in [0.5, 0.6) is 0 Å². The van der Waals surface area contributed by atoms with Gasteiger partial charge in [-0.25, -0.2) is 0 Å². The third-order valence-corrected chi connectivity index (χ3v) is 6.29. The molecule has 1 amide bonds. The summed E-state index contributed by atoms with van der Waals surface area (Å²) in [6.07, 6.45) is 0.437. The Bertz CT molecular complexity index is 1570. The second-order valence-electron chi connectivity index (χ2n) is 8.89. The maximum absolute atomic E-state index is 13.5. The van der Waals surface area contributed by atoms with Crippen molar-refractivity contribution in [1.82, 2.24) is 24.5 Å². The Kier molecular flexibility index (Phi) is 6.45. The van der Waals surface area contributed by atoms with Crippen molar-refractivity contribution >= 4 is 11.7 Å². The number of nitrogens with one attached hydrogen (secondary N) is 1. The fraction of sp³-hybridized carbons (Fsp3) is 0.172. The van der Waals surface area contributed by atoms with Crippen LogP contribution in [0.25, 0.3) is 17.2 Å². The van der Waals surface area contributed by atoms with Gasteiger partial charge in [-0.2, -0.15) is 9.50 Å². The van der Waals surface area contributed by atoms with Gasteiger partial charge in [-0.3, -0.25) is 9.59 Å². The maximum Gasteiger partial charge on any atom is 0.279 e. The van der Waals surface area contributed by atoms with Crippen molar-refractivity contribution < 1.29 is 4.79 Å². The second-order valence-corrected chi connectivity index (χ2v) is 8.89. The number of hydrogen-bond acceptors (Lipinski definition) is 4. The summed E-state index contributed by atoms with van der Waals surface area (Å²) in [6, 6.07) is 27.4. The fourth-order valence-electron chi connectivity index (χ4n) is 4.22. The Hall–Kier alpha value is -4.52. The third-order valence-electron chi connectivity index (χ3n) is 6.29. The first kappa shape index (κ1) is 23.2. The standard InChI is InChI=1S/C29H27N5O2/c1-20-13-15-23(16-14-20)18-30-26(35)19-33-21(2)25(17-22-9-5-3-6-10-22)28(36)34-29(33)31-27(32-34)24-11-7-4-8-12-24/h3-16H,17-19H2,1-2H3,(H,30,35). The molecule has 0 aliphatic heterocycles. The summed E-state index contributed by atoms with van der Waals surface area (Å²) in [5.41, 5.74) is 5.07. The molecule has 0 fully saturated rings. The Balaban J connectivity index is 1.54. The molecular formula is C29H27N5O2. The molecule has 3 aromatic carbocycles. The summed E-state index contributed by atoms with van der Waals surface area (Å²) in [7, 11) is 0. The van der Waals surface area contributed by atoms with E-state index in [-0.39, 0.29) is 18.0 Å². The largest absolute Gasteiger partial charge is 0.350 e. The van der Waals surface area contributed by atoms with E-state index in [1.54, 1.807) is 4.57 Å². The van der Waals surface area contributed by atoms with Gasteiger partial charge in [-0.05, 0) is 25.0 Å². The molecule has 2 aromatic heterocycles. The molecule has 0 bridgehead atoms. The topological polar surface area (TPSA) is 81.3 Å². The fourth-order valence-corrected chi connectivity index (χ4v) is 4.22. The van der Waals surface area contributed by atoms with E-state index in [1.807, 2.05) is 98.8 Å². The SMILES string of the molecule is Cc1ccc(CNC(=O)Cn2c(C)c(Cc3ccccc3)c(=O)n3nc(-c4ccccc4)nc23)cc1. The Labute approximate surface area is 209 Å². The van der Waals surface area contributed by atoms with Crippen molar-refractivity contribution in [2.24, 2.45) is 0 Å². The van der Waals surface area contributed by atoms with Crippen LogP contribution in [-0.4, -0.2) is 25.1 Å². The molecule has 0 spiro atoms. The number of amides is 1. The van der Waals surface area contributed by atoms with Gasteiger partial charge in [0.05, 0.1) is 0 Å². The van der Waals surface area contributed by atoms with Gasteiger partial charge in [0, 0.05) is 29.8 Å². The van der Waals surface area contributed by atoms with Gasteiger partial charge in [-0.1, -0.05) is 90.5 Å². The Morgan fingerprint density at radius 2 is 1.53 bits per heavy atom. The molecule has 5 aromatic rings. The number of carbonyl (C=O) groups is 1. The molecule has 0 aliphatic rings. The van der Waals surface area contributed by atoms with Crippen LogP contribution in [0.1, 0.15) is 27.9 Å². The lowest BCUT2D eigenvalue weighted by molar-refractivity contribution is -0.121. The minimum absolute atomic E-state index is 0.0240. The van der Waals surface area contributed by atoms with Crippen molar-refractivity contribution in [2.45, 2.75) is 33.4 Å². The van der Waals surface area contributed by atoms with E-state index in [0.717, 1.165) is 16.7 Å². The first-order valence-corrected chi connectivity index (χ1v) is 11.9. The number of aromatic nitrogens is 4. The lowest BCUT2D eigenvalue weighted by Crippen LogP contribution is -2.32. The molecule has 7 heteroatoms. The van der Waals surface area contributed by atoms with Crippen molar-refractivity contribution in [3.8, 4) is 11.4 Å². The highest BCUT2D eigenvalue weighted by Gasteiger charge is 2.20. The van der Waals surface area contributed by atoms with Gasteiger partial charge in [0.15, 0.2) is 5.82 Å². The van der Waals surface area contributed by atoms with Crippen LogP contribution >= 0.6 is 0 Å². The summed E-state index contributed by atoms with van der Waals surface area (Å²) in [5, 5.41) is 7.52. The lowest BCUT2D eigenvalue weighted by atomic mass is 10.0. The predicted octanol–water partition coefficient (Wildman–Crippen LogP) is 4.08. The van der Waals surface area contributed by atoms with Crippen molar-refractivity contribution in [2.75, 3.05) is 0 Å². The average molecular weight is 478 g/mol. The lowest BCUT2D eigenvalue weighted by Gasteiger charge is -2.15. The number of fused-ring (bicyclic) bond motifs is 1. The number of benzene rings is 3. The Morgan fingerprint density at radius 3 is 2.22 bits per heavy atom. The number of hydrogen-bond donors (Lipinski definition) is 1. The maximum atomic E-state index is 13.5. The van der Waals surface area contributed by atoms with Gasteiger partial charge in [0.1, 0.15) is 6.54 Å². The molecule has 2 heterocycles. The van der Waals surface area contributed by atoms with E-state index < -0.39 is 0 Å². The van der Waals surface area contributed by atoms with Crippen molar-refractivity contribution in [1.29, 1.82) is 0 Å². The molecule has 1 N–H and O–H groups in total. The van der Waals surface area contributed by atoms with Crippen molar-refractivity contribution in [3.63, 3.8) is 0 Å². The predicted molar refractivity (Wildman–Crippen MR) is 140 cm³/mol.